The van der Waals surface area contributed by atoms with Crippen LogP contribution in [-0.2, 0) is 19.0 Å². The van der Waals surface area contributed by atoms with Crippen LogP contribution < -0.4 is 5.32 Å². The summed E-state index contributed by atoms with van der Waals surface area (Å²) >= 11 is 0. The number of benzene rings is 1. The summed E-state index contributed by atoms with van der Waals surface area (Å²) in [5.41, 5.74) is 1.04. The van der Waals surface area contributed by atoms with Crippen LogP contribution in [0.3, 0.4) is 0 Å². The zero-order chi connectivity index (χ0) is 19.3. The van der Waals surface area contributed by atoms with Crippen LogP contribution in [0.2, 0.25) is 0 Å². The number of rotatable bonds is 6. The standard InChI is InChI=1S/C19H27NO6/c1-5-24-16(22)10-15-12-8-6-7-9-13(12)17(25-15)14(11-21)20-18(23)26-19(2,3)4/h6-9,14-15,17,21H,5,10-11H2,1-4H3,(H,20,23)/t14-,15-,17+/m1/s1. The molecule has 1 amide bonds. The SMILES string of the molecule is CCOC(=O)C[C@H]1O[C@H]([C@@H](CO)NC(=O)OC(C)(C)C)c2ccccc21. The second-order valence-corrected chi connectivity index (χ2v) is 7.12. The number of nitrogens with one attached hydrogen (secondary N) is 1. The topological polar surface area (TPSA) is 94.1 Å². The third-order valence-corrected chi connectivity index (χ3v) is 3.88. The van der Waals surface area contributed by atoms with Crippen LogP contribution in [0, 0.1) is 0 Å². The Morgan fingerprint density at radius 2 is 1.92 bits per heavy atom. The zero-order valence-electron chi connectivity index (χ0n) is 15.7. The fraction of sp³-hybridized carbons (Fsp3) is 0.579. The molecule has 0 aliphatic carbocycles. The molecular weight excluding hydrogens is 338 g/mol. The molecular formula is C19H27NO6. The van der Waals surface area contributed by atoms with E-state index in [0.717, 1.165) is 11.1 Å². The third-order valence-electron chi connectivity index (χ3n) is 3.88. The van der Waals surface area contributed by atoms with Gasteiger partial charge in [0.1, 0.15) is 11.7 Å². The Morgan fingerprint density at radius 3 is 2.50 bits per heavy atom. The van der Waals surface area contributed by atoms with Gasteiger partial charge in [0, 0.05) is 0 Å². The van der Waals surface area contributed by atoms with Gasteiger partial charge >= 0.3 is 12.1 Å². The van der Waals surface area contributed by atoms with Crippen LogP contribution in [0.5, 0.6) is 0 Å². The summed E-state index contributed by atoms with van der Waals surface area (Å²) in [5.74, 6) is -0.353. The van der Waals surface area contributed by atoms with Gasteiger partial charge in [-0.25, -0.2) is 4.79 Å². The number of aliphatic hydroxyl groups excluding tert-OH is 1. The molecule has 2 rings (SSSR count). The Balaban J connectivity index is 2.15. The van der Waals surface area contributed by atoms with Gasteiger partial charge in [0.25, 0.3) is 0 Å². The highest BCUT2D eigenvalue weighted by Gasteiger charge is 2.38. The summed E-state index contributed by atoms with van der Waals surface area (Å²) in [7, 11) is 0. The highest BCUT2D eigenvalue weighted by atomic mass is 16.6. The molecule has 1 aliphatic heterocycles. The molecule has 0 spiro atoms. The number of hydrogen-bond acceptors (Lipinski definition) is 6. The molecule has 2 N–H and O–H groups in total. The first kappa shape index (κ1) is 20.2. The maximum Gasteiger partial charge on any atom is 0.408 e. The van der Waals surface area contributed by atoms with E-state index in [1.54, 1.807) is 27.7 Å². The highest BCUT2D eigenvalue weighted by Crippen LogP contribution is 2.42. The van der Waals surface area contributed by atoms with E-state index in [2.05, 4.69) is 5.32 Å². The van der Waals surface area contributed by atoms with Gasteiger partial charge in [-0.15, -0.1) is 0 Å². The van der Waals surface area contributed by atoms with Crippen molar-refractivity contribution in [3.63, 3.8) is 0 Å². The third kappa shape index (κ3) is 5.19. The maximum absolute atomic E-state index is 12.1. The minimum Gasteiger partial charge on any atom is -0.466 e. The Kier molecular flexibility index (Phi) is 6.61. The fourth-order valence-electron chi connectivity index (χ4n) is 2.90. The van der Waals surface area contributed by atoms with Gasteiger partial charge in [-0.3, -0.25) is 4.79 Å². The lowest BCUT2D eigenvalue weighted by molar-refractivity contribution is -0.147. The van der Waals surface area contributed by atoms with Gasteiger partial charge < -0.3 is 24.6 Å². The van der Waals surface area contributed by atoms with Crippen molar-refractivity contribution in [3.8, 4) is 0 Å². The molecule has 144 valence electrons. The van der Waals surface area contributed by atoms with E-state index in [1.165, 1.54) is 0 Å². The zero-order valence-corrected chi connectivity index (χ0v) is 15.7. The summed E-state index contributed by atoms with van der Waals surface area (Å²) in [6.07, 6.45) is -1.62. The molecule has 0 aromatic heterocycles. The second-order valence-electron chi connectivity index (χ2n) is 7.12. The molecule has 0 unspecified atom stereocenters. The average molecular weight is 365 g/mol. The van der Waals surface area contributed by atoms with E-state index >= 15 is 0 Å². The molecule has 0 saturated carbocycles. The summed E-state index contributed by atoms with van der Waals surface area (Å²) in [5, 5.41) is 12.4. The molecule has 0 bridgehead atoms. The lowest BCUT2D eigenvalue weighted by atomic mass is 9.97. The van der Waals surface area contributed by atoms with E-state index in [4.69, 9.17) is 14.2 Å². The van der Waals surface area contributed by atoms with Crippen molar-refractivity contribution in [1.29, 1.82) is 0 Å². The molecule has 7 nitrogen and oxygen atoms in total. The van der Waals surface area contributed by atoms with Crippen LogP contribution in [0.4, 0.5) is 4.79 Å². The van der Waals surface area contributed by atoms with Gasteiger partial charge in [-0.05, 0) is 38.8 Å². The predicted octanol–water partition coefficient (Wildman–Crippen LogP) is 2.64. The number of aliphatic hydroxyl groups is 1. The lowest BCUT2D eigenvalue weighted by Gasteiger charge is -2.26. The average Bonchev–Trinajstić information content (AvgIpc) is 2.90. The van der Waals surface area contributed by atoms with E-state index < -0.39 is 29.9 Å². The first-order chi connectivity index (χ1) is 12.2. The van der Waals surface area contributed by atoms with Crippen LogP contribution in [0.1, 0.15) is 57.5 Å². The molecule has 7 heteroatoms. The molecule has 0 radical (unpaired) electrons. The van der Waals surface area contributed by atoms with E-state index in [9.17, 15) is 14.7 Å². The first-order valence-corrected chi connectivity index (χ1v) is 8.75. The van der Waals surface area contributed by atoms with E-state index in [-0.39, 0.29) is 19.0 Å². The van der Waals surface area contributed by atoms with Gasteiger partial charge in [0.05, 0.1) is 31.8 Å². The molecule has 26 heavy (non-hydrogen) atoms. The van der Waals surface area contributed by atoms with Gasteiger partial charge in [0.2, 0.25) is 0 Å². The minimum atomic E-state index is -0.696. The number of ether oxygens (including phenoxy) is 3. The van der Waals surface area contributed by atoms with Crippen LogP contribution in [0.15, 0.2) is 24.3 Å². The Hall–Kier alpha value is -2.12. The van der Waals surface area contributed by atoms with Crippen molar-refractivity contribution >= 4 is 12.1 Å². The van der Waals surface area contributed by atoms with Gasteiger partial charge in [0.15, 0.2) is 0 Å². The predicted molar refractivity (Wildman–Crippen MR) is 94.5 cm³/mol. The number of hydrogen-bond donors (Lipinski definition) is 2. The molecule has 3 atom stereocenters. The summed E-state index contributed by atoms with van der Waals surface area (Å²) in [6, 6.07) is 6.76. The summed E-state index contributed by atoms with van der Waals surface area (Å²) < 4.78 is 16.3. The molecule has 1 heterocycles. The van der Waals surface area contributed by atoms with Gasteiger partial charge in [-0.2, -0.15) is 0 Å². The monoisotopic (exact) mass is 365 g/mol. The van der Waals surface area contributed by atoms with Crippen molar-refractivity contribution < 1.29 is 28.9 Å². The molecule has 0 saturated heterocycles. The second kappa shape index (κ2) is 8.51. The van der Waals surface area contributed by atoms with Crippen LogP contribution >= 0.6 is 0 Å². The Bertz CT molecular complexity index is 639. The van der Waals surface area contributed by atoms with Crippen molar-refractivity contribution in [2.75, 3.05) is 13.2 Å². The molecule has 0 fully saturated rings. The van der Waals surface area contributed by atoms with E-state index in [1.807, 2.05) is 24.3 Å². The Labute approximate surface area is 153 Å². The smallest absolute Gasteiger partial charge is 0.408 e. The largest absolute Gasteiger partial charge is 0.466 e. The quantitative estimate of drug-likeness (QED) is 0.753. The number of carbonyl (C=O) groups is 2. The van der Waals surface area contributed by atoms with Crippen molar-refractivity contribution in [1.82, 2.24) is 5.32 Å². The number of carbonyl (C=O) groups excluding carboxylic acids is 2. The van der Waals surface area contributed by atoms with Crippen molar-refractivity contribution in [3.05, 3.63) is 35.4 Å². The first-order valence-electron chi connectivity index (χ1n) is 8.75. The van der Waals surface area contributed by atoms with E-state index in [0.29, 0.717) is 6.61 Å². The molecule has 1 aliphatic rings. The number of amides is 1. The lowest BCUT2D eigenvalue weighted by Crippen LogP contribution is -2.44. The normalized spacial score (nSPS) is 20.2. The maximum atomic E-state index is 12.1. The van der Waals surface area contributed by atoms with Crippen molar-refractivity contribution in [2.24, 2.45) is 0 Å². The number of fused-ring (bicyclic) bond motifs is 1. The summed E-state index contributed by atoms with van der Waals surface area (Å²) in [4.78, 5) is 23.9. The Morgan fingerprint density at radius 1 is 1.27 bits per heavy atom. The molecule has 1 aromatic carbocycles. The molecule has 1 aromatic rings. The fourth-order valence-corrected chi connectivity index (χ4v) is 2.90. The van der Waals surface area contributed by atoms with Crippen LogP contribution in [-0.4, -0.2) is 42.0 Å². The number of alkyl carbamates (subject to hydrolysis) is 1. The van der Waals surface area contributed by atoms with Crippen LogP contribution in [0.25, 0.3) is 0 Å². The summed E-state index contributed by atoms with van der Waals surface area (Å²) in [6.45, 7) is 7.00. The van der Waals surface area contributed by atoms with Crippen molar-refractivity contribution in [2.45, 2.75) is 58.0 Å². The van der Waals surface area contributed by atoms with Gasteiger partial charge in [-0.1, -0.05) is 24.3 Å². The minimum absolute atomic E-state index is 0.0753. The number of esters is 1. The highest BCUT2D eigenvalue weighted by molar-refractivity contribution is 5.71.